The summed E-state index contributed by atoms with van der Waals surface area (Å²) in [5.41, 5.74) is 0.257. The van der Waals surface area contributed by atoms with Crippen LogP contribution in [0.5, 0.6) is 5.75 Å². The van der Waals surface area contributed by atoms with Crippen LogP contribution in [0.15, 0.2) is 53.4 Å². The van der Waals surface area contributed by atoms with Gasteiger partial charge in [0, 0.05) is 18.8 Å². The molecule has 6 nitrogen and oxygen atoms in total. The van der Waals surface area contributed by atoms with Gasteiger partial charge in [0.1, 0.15) is 5.75 Å². The molecule has 0 aromatic heterocycles. The Bertz CT molecular complexity index is 900. The third-order valence-corrected chi connectivity index (χ3v) is 5.91. The van der Waals surface area contributed by atoms with E-state index in [1.807, 2.05) is 0 Å². The van der Waals surface area contributed by atoms with E-state index >= 15 is 0 Å². The van der Waals surface area contributed by atoms with E-state index in [-0.39, 0.29) is 22.3 Å². The van der Waals surface area contributed by atoms with E-state index in [0.717, 1.165) is 0 Å². The Labute approximate surface area is 156 Å². The fourth-order valence-corrected chi connectivity index (χ4v) is 3.57. The molecule has 2 aromatic rings. The van der Waals surface area contributed by atoms with Crippen molar-refractivity contribution in [2.75, 3.05) is 12.4 Å². The molecule has 2 rings (SSSR count). The highest BCUT2D eigenvalue weighted by Gasteiger charge is 2.23. The van der Waals surface area contributed by atoms with E-state index in [2.05, 4.69) is 10.1 Å². The molecule has 0 saturated carbocycles. The molecule has 27 heavy (non-hydrogen) atoms. The highest BCUT2D eigenvalue weighted by atomic mass is 32.2. The molecule has 0 unspecified atom stereocenters. The van der Waals surface area contributed by atoms with Gasteiger partial charge >= 0.3 is 6.61 Å². The van der Waals surface area contributed by atoms with Crippen molar-refractivity contribution in [3.63, 3.8) is 0 Å². The number of para-hydroxylation sites is 1. The Morgan fingerprint density at radius 1 is 1.07 bits per heavy atom. The third-order valence-electron chi connectivity index (χ3n) is 3.86. The van der Waals surface area contributed by atoms with Gasteiger partial charge in [-0.15, -0.1) is 0 Å². The summed E-state index contributed by atoms with van der Waals surface area (Å²) in [5, 5.41) is 2.53. The molecule has 9 heteroatoms. The number of carbonyl (C=O) groups is 1. The Hall–Kier alpha value is -2.52. The largest absolute Gasteiger partial charge is 0.434 e. The van der Waals surface area contributed by atoms with Gasteiger partial charge in [-0.3, -0.25) is 4.79 Å². The molecule has 1 amide bonds. The summed E-state index contributed by atoms with van der Waals surface area (Å²) in [6.45, 7) is 0.456. The van der Waals surface area contributed by atoms with Crippen LogP contribution in [0.4, 0.5) is 14.5 Å². The van der Waals surface area contributed by atoms with E-state index in [9.17, 15) is 22.0 Å². The average Bonchev–Trinajstić information content (AvgIpc) is 2.61. The van der Waals surface area contributed by atoms with Gasteiger partial charge in [0.25, 0.3) is 5.91 Å². The van der Waals surface area contributed by atoms with E-state index in [1.54, 1.807) is 13.8 Å². The van der Waals surface area contributed by atoms with E-state index in [0.29, 0.717) is 5.69 Å². The smallest absolute Gasteiger partial charge is 0.387 e. The van der Waals surface area contributed by atoms with Gasteiger partial charge in [-0.1, -0.05) is 12.1 Å². The summed E-state index contributed by atoms with van der Waals surface area (Å²) in [7, 11) is -2.16. The Morgan fingerprint density at radius 3 is 2.22 bits per heavy atom. The molecule has 0 saturated heterocycles. The van der Waals surface area contributed by atoms with Crippen LogP contribution in [-0.2, 0) is 10.0 Å². The first-order valence-electron chi connectivity index (χ1n) is 8.06. The molecular formula is C18H20F2N2O4S. The maximum Gasteiger partial charge on any atom is 0.387 e. The summed E-state index contributed by atoms with van der Waals surface area (Å²) < 4.78 is 55.3. The first-order chi connectivity index (χ1) is 12.6. The monoisotopic (exact) mass is 398 g/mol. The van der Waals surface area contributed by atoms with Gasteiger partial charge in [-0.2, -0.15) is 13.1 Å². The van der Waals surface area contributed by atoms with Crippen molar-refractivity contribution in [1.29, 1.82) is 0 Å². The van der Waals surface area contributed by atoms with Crippen LogP contribution in [-0.4, -0.2) is 38.3 Å². The fraction of sp³-hybridized carbons (Fsp3) is 0.278. The maximum absolute atomic E-state index is 12.5. The lowest BCUT2D eigenvalue weighted by Gasteiger charge is -2.21. The summed E-state index contributed by atoms with van der Waals surface area (Å²) in [6.07, 6.45) is 0. The number of anilines is 1. The van der Waals surface area contributed by atoms with Crippen molar-refractivity contribution in [1.82, 2.24) is 4.31 Å². The van der Waals surface area contributed by atoms with Gasteiger partial charge < -0.3 is 10.1 Å². The number of rotatable bonds is 7. The van der Waals surface area contributed by atoms with Gasteiger partial charge in [0.2, 0.25) is 10.0 Å². The quantitative estimate of drug-likeness (QED) is 0.774. The second-order valence-corrected chi connectivity index (χ2v) is 7.97. The molecule has 0 radical (unpaired) electrons. The number of alkyl halides is 2. The van der Waals surface area contributed by atoms with Crippen molar-refractivity contribution in [2.24, 2.45) is 0 Å². The summed E-state index contributed by atoms with van der Waals surface area (Å²) in [4.78, 5) is 12.4. The fourth-order valence-electron chi connectivity index (χ4n) is 2.21. The lowest BCUT2D eigenvalue weighted by Crippen LogP contribution is -2.33. The number of amides is 1. The molecule has 0 atom stereocenters. The van der Waals surface area contributed by atoms with Crippen molar-refractivity contribution in [2.45, 2.75) is 31.4 Å². The minimum Gasteiger partial charge on any atom is -0.434 e. The number of sulfonamides is 1. The lowest BCUT2D eigenvalue weighted by molar-refractivity contribution is -0.0501. The van der Waals surface area contributed by atoms with E-state index in [1.165, 1.54) is 59.9 Å². The predicted octanol–water partition coefficient (Wildman–Crippen LogP) is 3.57. The van der Waals surface area contributed by atoms with Gasteiger partial charge in [-0.25, -0.2) is 8.42 Å². The highest BCUT2D eigenvalue weighted by Crippen LogP contribution is 2.23. The van der Waals surface area contributed by atoms with Crippen LogP contribution in [0.3, 0.4) is 0 Å². The number of hydrogen-bond donors (Lipinski definition) is 1. The summed E-state index contributed by atoms with van der Waals surface area (Å²) in [5.74, 6) is -0.899. The SMILES string of the molecule is CC(C)N(C)S(=O)(=O)c1ccc(NC(=O)c2ccccc2OC(F)F)cc1. The standard InChI is InChI=1S/C18H20F2N2O4S/c1-12(2)22(3)27(24,25)14-10-8-13(9-11-14)21-17(23)15-6-4-5-7-16(15)26-18(19)20/h4-12,18H,1-3H3,(H,21,23). The van der Waals surface area contributed by atoms with Crippen molar-refractivity contribution >= 4 is 21.6 Å². The number of nitrogens with zero attached hydrogens (tertiary/aromatic N) is 1. The average molecular weight is 398 g/mol. The van der Waals surface area contributed by atoms with Crippen LogP contribution in [0, 0.1) is 0 Å². The normalized spacial score (nSPS) is 11.9. The van der Waals surface area contributed by atoms with Crippen molar-refractivity contribution < 1.29 is 26.7 Å². The molecule has 146 valence electrons. The number of benzene rings is 2. The molecular weight excluding hydrogens is 378 g/mol. The molecule has 0 aliphatic heterocycles. The molecule has 0 bridgehead atoms. The van der Waals surface area contributed by atoms with E-state index < -0.39 is 22.5 Å². The first kappa shape index (κ1) is 20.8. The minimum absolute atomic E-state index is 0.0611. The van der Waals surface area contributed by atoms with Crippen LogP contribution in [0.1, 0.15) is 24.2 Å². The van der Waals surface area contributed by atoms with Crippen LogP contribution in [0.25, 0.3) is 0 Å². The summed E-state index contributed by atoms with van der Waals surface area (Å²) >= 11 is 0. The number of nitrogens with one attached hydrogen (secondary N) is 1. The zero-order valence-corrected chi connectivity index (χ0v) is 15.8. The number of ether oxygens (including phenoxy) is 1. The predicted molar refractivity (Wildman–Crippen MR) is 97.6 cm³/mol. The zero-order valence-electron chi connectivity index (χ0n) is 15.0. The summed E-state index contributed by atoms with van der Waals surface area (Å²) in [6, 6.07) is 11.0. The number of halogens is 2. The van der Waals surface area contributed by atoms with Gasteiger partial charge in [0.05, 0.1) is 10.5 Å². The molecule has 0 aliphatic carbocycles. The zero-order chi connectivity index (χ0) is 20.2. The topological polar surface area (TPSA) is 75.7 Å². The lowest BCUT2D eigenvalue weighted by atomic mass is 10.2. The Balaban J connectivity index is 2.19. The van der Waals surface area contributed by atoms with E-state index in [4.69, 9.17) is 0 Å². The second kappa shape index (κ2) is 8.45. The minimum atomic E-state index is -3.64. The van der Waals surface area contributed by atoms with Crippen molar-refractivity contribution in [3.8, 4) is 5.75 Å². The first-order valence-corrected chi connectivity index (χ1v) is 9.50. The second-order valence-electron chi connectivity index (χ2n) is 5.97. The van der Waals surface area contributed by atoms with Crippen molar-refractivity contribution in [3.05, 3.63) is 54.1 Å². The van der Waals surface area contributed by atoms with Crippen LogP contribution in [0.2, 0.25) is 0 Å². The highest BCUT2D eigenvalue weighted by molar-refractivity contribution is 7.89. The Kier molecular flexibility index (Phi) is 6.50. The molecule has 0 heterocycles. The van der Waals surface area contributed by atoms with Gasteiger partial charge in [-0.05, 0) is 50.2 Å². The number of hydrogen-bond acceptors (Lipinski definition) is 4. The Morgan fingerprint density at radius 2 is 1.67 bits per heavy atom. The molecule has 0 spiro atoms. The van der Waals surface area contributed by atoms with Gasteiger partial charge in [0.15, 0.2) is 0 Å². The molecule has 0 aliphatic rings. The third kappa shape index (κ3) is 5.01. The molecule has 2 aromatic carbocycles. The molecule has 0 fully saturated rings. The number of carbonyl (C=O) groups excluding carboxylic acids is 1. The van der Waals surface area contributed by atoms with Crippen LogP contribution >= 0.6 is 0 Å². The molecule has 1 N–H and O–H groups in total. The maximum atomic E-state index is 12.5. The van der Waals surface area contributed by atoms with Crippen LogP contribution < -0.4 is 10.1 Å².